The van der Waals surface area contributed by atoms with Crippen molar-refractivity contribution in [1.29, 1.82) is 0 Å². The molecule has 22 heavy (non-hydrogen) atoms. The zero-order chi connectivity index (χ0) is 16.0. The molecule has 2 amide bonds. The van der Waals surface area contributed by atoms with Gasteiger partial charge in [0.1, 0.15) is 0 Å². The van der Waals surface area contributed by atoms with E-state index in [2.05, 4.69) is 10.6 Å². The van der Waals surface area contributed by atoms with Gasteiger partial charge in [-0.15, -0.1) is 0 Å². The molecule has 0 aromatic heterocycles. The normalized spacial score (nSPS) is 17.1. The lowest BCUT2D eigenvalue weighted by Gasteiger charge is -2.30. The largest absolute Gasteiger partial charge is 0.338 e. The smallest absolute Gasteiger partial charge is 0.315 e. The Morgan fingerprint density at radius 1 is 1.18 bits per heavy atom. The summed E-state index contributed by atoms with van der Waals surface area (Å²) in [5.74, 6) is 0.334. The van der Waals surface area contributed by atoms with Gasteiger partial charge < -0.3 is 10.6 Å². The lowest BCUT2D eigenvalue weighted by atomic mass is 9.98. The van der Waals surface area contributed by atoms with Crippen molar-refractivity contribution >= 4 is 16.1 Å². The Labute approximate surface area is 131 Å². The minimum Gasteiger partial charge on any atom is -0.338 e. The highest BCUT2D eigenvalue weighted by Crippen LogP contribution is 2.18. The van der Waals surface area contributed by atoms with Gasteiger partial charge in [-0.05, 0) is 24.3 Å². The Morgan fingerprint density at radius 2 is 1.82 bits per heavy atom. The number of carbonyl (C=O) groups excluding carboxylic acids is 1. The average molecular weight is 325 g/mol. The maximum Gasteiger partial charge on any atom is 0.315 e. The Balaban J connectivity index is 1.65. The fraction of sp³-hybridized carbons (Fsp3) is 0.533. The van der Waals surface area contributed by atoms with Crippen LogP contribution in [0.1, 0.15) is 18.4 Å². The van der Waals surface area contributed by atoms with E-state index in [4.69, 9.17) is 0 Å². The monoisotopic (exact) mass is 325 g/mol. The first-order chi connectivity index (χ1) is 10.4. The summed E-state index contributed by atoms with van der Waals surface area (Å²) in [5.41, 5.74) is 1.05. The highest BCUT2D eigenvalue weighted by molar-refractivity contribution is 7.88. The van der Waals surface area contributed by atoms with Crippen LogP contribution in [0.5, 0.6) is 0 Å². The number of urea groups is 1. The summed E-state index contributed by atoms with van der Waals surface area (Å²) in [6.07, 6.45) is 2.81. The van der Waals surface area contributed by atoms with Crippen LogP contribution in [-0.4, -0.2) is 44.6 Å². The van der Waals surface area contributed by atoms with Crippen LogP contribution in [0.4, 0.5) is 4.79 Å². The Hall–Kier alpha value is -1.60. The number of sulfonamides is 1. The molecule has 0 saturated carbocycles. The average Bonchev–Trinajstić information content (AvgIpc) is 2.51. The minimum absolute atomic E-state index is 0.186. The molecule has 0 bridgehead atoms. The van der Waals surface area contributed by atoms with Crippen molar-refractivity contribution in [2.24, 2.45) is 5.92 Å². The summed E-state index contributed by atoms with van der Waals surface area (Å²) < 4.78 is 24.3. The predicted molar refractivity (Wildman–Crippen MR) is 85.8 cm³/mol. The lowest BCUT2D eigenvalue weighted by molar-refractivity contribution is 0.231. The van der Waals surface area contributed by atoms with Crippen molar-refractivity contribution in [1.82, 2.24) is 14.9 Å². The molecule has 0 unspecified atom stereocenters. The van der Waals surface area contributed by atoms with Crippen LogP contribution in [0.15, 0.2) is 30.3 Å². The van der Waals surface area contributed by atoms with Gasteiger partial charge in [0.15, 0.2) is 0 Å². The molecule has 0 aliphatic carbocycles. The molecule has 1 aromatic carbocycles. The van der Waals surface area contributed by atoms with Crippen LogP contribution in [0.2, 0.25) is 0 Å². The molecular formula is C15H23N3O3S. The predicted octanol–water partition coefficient (Wildman–Crippen LogP) is 1.16. The van der Waals surface area contributed by atoms with Crippen molar-refractivity contribution in [2.75, 3.05) is 25.9 Å². The van der Waals surface area contributed by atoms with E-state index >= 15 is 0 Å². The van der Waals surface area contributed by atoms with Crippen LogP contribution >= 0.6 is 0 Å². The number of carbonyl (C=O) groups is 1. The van der Waals surface area contributed by atoms with Crippen LogP contribution in [0.3, 0.4) is 0 Å². The van der Waals surface area contributed by atoms with Crippen molar-refractivity contribution in [3.05, 3.63) is 35.9 Å². The van der Waals surface area contributed by atoms with Gasteiger partial charge in [-0.3, -0.25) is 0 Å². The number of amides is 2. The third-order valence-corrected chi connectivity index (χ3v) is 5.19. The first kappa shape index (κ1) is 16.8. The quantitative estimate of drug-likeness (QED) is 0.852. The van der Waals surface area contributed by atoms with E-state index in [1.54, 1.807) is 0 Å². The molecule has 0 spiro atoms. The van der Waals surface area contributed by atoms with E-state index in [-0.39, 0.29) is 6.03 Å². The number of hydrogen-bond acceptors (Lipinski definition) is 3. The number of rotatable bonds is 5. The minimum atomic E-state index is -3.09. The lowest BCUT2D eigenvalue weighted by Crippen LogP contribution is -2.43. The molecule has 1 saturated heterocycles. The molecule has 1 aliphatic heterocycles. The topological polar surface area (TPSA) is 78.5 Å². The van der Waals surface area contributed by atoms with E-state index in [1.165, 1.54) is 10.6 Å². The second-order valence-electron chi connectivity index (χ2n) is 5.65. The van der Waals surface area contributed by atoms with Gasteiger partial charge in [0.25, 0.3) is 0 Å². The summed E-state index contributed by atoms with van der Waals surface area (Å²) in [5, 5.41) is 5.67. The molecule has 0 atom stereocenters. The molecule has 2 rings (SSSR count). The van der Waals surface area contributed by atoms with E-state index in [9.17, 15) is 13.2 Å². The Kier molecular flexibility index (Phi) is 5.79. The number of nitrogens with one attached hydrogen (secondary N) is 2. The highest BCUT2D eigenvalue weighted by atomic mass is 32.2. The van der Waals surface area contributed by atoms with E-state index in [0.29, 0.717) is 32.1 Å². The third-order valence-electron chi connectivity index (χ3n) is 3.89. The summed E-state index contributed by atoms with van der Waals surface area (Å²) >= 11 is 0. The second kappa shape index (κ2) is 7.60. The van der Waals surface area contributed by atoms with Gasteiger partial charge in [-0.25, -0.2) is 17.5 Å². The standard InChI is InChI=1S/C15H23N3O3S/c1-22(20,21)18-9-7-14(8-10-18)12-17-15(19)16-11-13-5-3-2-4-6-13/h2-6,14H,7-12H2,1H3,(H2,16,17,19). The number of nitrogens with zero attached hydrogens (tertiary/aromatic N) is 1. The molecule has 1 fully saturated rings. The highest BCUT2D eigenvalue weighted by Gasteiger charge is 2.24. The van der Waals surface area contributed by atoms with Crippen molar-refractivity contribution in [2.45, 2.75) is 19.4 Å². The van der Waals surface area contributed by atoms with Crippen molar-refractivity contribution < 1.29 is 13.2 Å². The van der Waals surface area contributed by atoms with Gasteiger partial charge in [0.2, 0.25) is 10.0 Å². The van der Waals surface area contributed by atoms with Crippen LogP contribution in [-0.2, 0) is 16.6 Å². The molecule has 1 aliphatic rings. The maximum absolute atomic E-state index is 11.8. The molecule has 1 aromatic rings. The zero-order valence-corrected chi connectivity index (χ0v) is 13.6. The SMILES string of the molecule is CS(=O)(=O)N1CCC(CNC(=O)NCc2ccccc2)CC1. The molecule has 0 radical (unpaired) electrons. The maximum atomic E-state index is 11.8. The van der Waals surface area contributed by atoms with Gasteiger partial charge in [-0.1, -0.05) is 30.3 Å². The number of hydrogen-bond donors (Lipinski definition) is 2. The van der Waals surface area contributed by atoms with E-state index in [0.717, 1.165) is 18.4 Å². The number of piperidine rings is 1. The molecule has 1 heterocycles. The van der Waals surface area contributed by atoms with Gasteiger partial charge in [-0.2, -0.15) is 0 Å². The third kappa shape index (κ3) is 5.31. The molecule has 2 N–H and O–H groups in total. The summed E-state index contributed by atoms with van der Waals surface area (Å²) in [4.78, 5) is 11.8. The van der Waals surface area contributed by atoms with Gasteiger partial charge >= 0.3 is 6.03 Å². The van der Waals surface area contributed by atoms with Crippen LogP contribution in [0, 0.1) is 5.92 Å². The van der Waals surface area contributed by atoms with Crippen molar-refractivity contribution in [3.63, 3.8) is 0 Å². The first-order valence-electron chi connectivity index (χ1n) is 7.46. The molecule has 7 heteroatoms. The van der Waals surface area contributed by atoms with Crippen molar-refractivity contribution in [3.8, 4) is 0 Å². The Morgan fingerprint density at radius 3 is 2.41 bits per heavy atom. The molecule has 122 valence electrons. The Bertz CT molecular complexity index is 581. The molecular weight excluding hydrogens is 302 g/mol. The fourth-order valence-corrected chi connectivity index (χ4v) is 3.40. The molecule has 6 nitrogen and oxygen atoms in total. The zero-order valence-electron chi connectivity index (χ0n) is 12.8. The second-order valence-corrected chi connectivity index (χ2v) is 7.64. The van der Waals surface area contributed by atoms with Crippen LogP contribution in [0.25, 0.3) is 0 Å². The summed E-state index contributed by atoms with van der Waals surface area (Å²) in [6, 6.07) is 9.54. The number of benzene rings is 1. The van der Waals surface area contributed by atoms with Crippen LogP contribution < -0.4 is 10.6 Å². The first-order valence-corrected chi connectivity index (χ1v) is 9.31. The van der Waals surface area contributed by atoms with Gasteiger partial charge in [0.05, 0.1) is 6.26 Å². The fourth-order valence-electron chi connectivity index (χ4n) is 2.52. The van der Waals surface area contributed by atoms with E-state index in [1.807, 2.05) is 30.3 Å². The van der Waals surface area contributed by atoms with E-state index < -0.39 is 10.0 Å². The summed E-state index contributed by atoms with van der Waals surface area (Å²) in [7, 11) is -3.09. The van der Waals surface area contributed by atoms with Gasteiger partial charge in [0, 0.05) is 26.2 Å². The summed E-state index contributed by atoms with van der Waals surface area (Å²) in [6.45, 7) is 2.16.